The van der Waals surface area contributed by atoms with Crippen LogP contribution in [0.3, 0.4) is 0 Å². The lowest BCUT2D eigenvalue weighted by Gasteiger charge is -2.43. The molecule has 2 saturated heterocycles. The van der Waals surface area contributed by atoms with Crippen LogP contribution in [0, 0.1) is 11.7 Å². The molecule has 240 valence electrons. The highest BCUT2D eigenvalue weighted by molar-refractivity contribution is 7.14. The summed E-state index contributed by atoms with van der Waals surface area (Å²) in [6.45, 7) is 11.3. The Labute approximate surface area is 269 Å². The van der Waals surface area contributed by atoms with Crippen molar-refractivity contribution < 1.29 is 18.7 Å². The summed E-state index contributed by atoms with van der Waals surface area (Å²) in [5.74, 6) is 0.440. The Bertz CT molecular complexity index is 1530. The number of carbonyl (C=O) groups is 2. The molecule has 3 heterocycles. The van der Waals surface area contributed by atoms with Crippen LogP contribution in [0.1, 0.15) is 99.5 Å². The fourth-order valence-corrected chi connectivity index (χ4v) is 7.82. The molecule has 0 bridgehead atoms. The van der Waals surface area contributed by atoms with Gasteiger partial charge >= 0.3 is 0 Å². The van der Waals surface area contributed by atoms with E-state index in [0.29, 0.717) is 35.9 Å². The molecule has 3 aliphatic rings. The van der Waals surface area contributed by atoms with Gasteiger partial charge in [0, 0.05) is 61.2 Å². The summed E-state index contributed by atoms with van der Waals surface area (Å²) in [5.41, 5.74) is 1.67. The molecule has 2 amide bonds. The Morgan fingerprint density at radius 2 is 1.84 bits per heavy atom. The van der Waals surface area contributed by atoms with E-state index in [1.54, 1.807) is 16.2 Å². The fourth-order valence-electron chi connectivity index (χ4n) is 6.97. The molecule has 1 saturated carbocycles. The summed E-state index contributed by atoms with van der Waals surface area (Å²) in [6, 6.07) is 10.3. The maximum Gasteiger partial charge on any atom is 0.254 e. The fraction of sp³-hybridized carbons (Fsp3) is 0.543. The van der Waals surface area contributed by atoms with E-state index >= 15 is 4.39 Å². The van der Waals surface area contributed by atoms with E-state index in [9.17, 15) is 9.59 Å². The Hall–Kier alpha value is -3.37. The predicted octanol–water partition coefficient (Wildman–Crippen LogP) is 7.16. The minimum Gasteiger partial charge on any atom is -0.457 e. The number of rotatable bonds is 9. The molecule has 1 aromatic heterocycles. The molecular weight excluding hydrogens is 589 g/mol. The Morgan fingerprint density at radius 3 is 2.47 bits per heavy atom. The largest absolute Gasteiger partial charge is 0.457 e. The number of nitrogens with one attached hydrogen (secondary N) is 1. The number of carbonyl (C=O) groups excluding carboxylic acids is 2. The third kappa shape index (κ3) is 7.07. The second-order valence-corrected chi connectivity index (χ2v) is 14.7. The van der Waals surface area contributed by atoms with E-state index in [-0.39, 0.29) is 35.5 Å². The van der Waals surface area contributed by atoms with Crippen LogP contribution < -0.4 is 10.1 Å². The number of aromatic nitrogens is 2. The Balaban J connectivity index is 1.20. The summed E-state index contributed by atoms with van der Waals surface area (Å²) < 4.78 is 21.9. The van der Waals surface area contributed by atoms with Crippen molar-refractivity contribution in [3.05, 3.63) is 58.3 Å². The second kappa shape index (κ2) is 13.2. The first-order valence-corrected chi connectivity index (χ1v) is 17.2. The van der Waals surface area contributed by atoms with Gasteiger partial charge in [-0.1, -0.05) is 44.9 Å². The summed E-state index contributed by atoms with van der Waals surface area (Å²) >= 11 is 1.56. The van der Waals surface area contributed by atoms with Gasteiger partial charge in [0.2, 0.25) is 5.91 Å². The number of likely N-dealkylation sites (tertiary alicyclic amines) is 2. The van der Waals surface area contributed by atoms with Crippen LogP contribution in [0.4, 0.5) is 4.39 Å². The standard InChI is InChI=1S/C35H44FN5O3S/c1-22(2)33-38-39-34(45-33)24-7-9-27(10-8-24)44-30-19-28(29(36)18-25(30)21-40-20-23(3)17-31(40)42)32(43)37-26-11-15-41(16-12-26)35(4)13-5-6-14-35/h7-10,18-19,22-23,26H,5-6,11-17,20-21H2,1-4H3,(H,37,43). The zero-order valence-corrected chi connectivity index (χ0v) is 27.6. The smallest absolute Gasteiger partial charge is 0.254 e. The van der Waals surface area contributed by atoms with Crippen LogP contribution >= 0.6 is 11.3 Å². The van der Waals surface area contributed by atoms with Gasteiger partial charge < -0.3 is 15.0 Å². The Kier molecular flexibility index (Phi) is 9.24. The van der Waals surface area contributed by atoms with Gasteiger partial charge in [0.05, 0.1) is 5.56 Å². The predicted molar refractivity (Wildman–Crippen MR) is 174 cm³/mol. The zero-order valence-electron chi connectivity index (χ0n) is 26.8. The van der Waals surface area contributed by atoms with Crippen molar-refractivity contribution in [2.45, 2.75) is 96.7 Å². The van der Waals surface area contributed by atoms with Gasteiger partial charge in [0.25, 0.3) is 5.91 Å². The summed E-state index contributed by atoms with van der Waals surface area (Å²) in [5, 5.41) is 13.5. The number of piperidine rings is 1. The molecule has 1 N–H and O–H groups in total. The van der Waals surface area contributed by atoms with Crippen molar-refractivity contribution in [2.24, 2.45) is 5.92 Å². The minimum atomic E-state index is -0.613. The molecule has 8 nitrogen and oxygen atoms in total. The topological polar surface area (TPSA) is 87.7 Å². The van der Waals surface area contributed by atoms with Crippen LogP contribution in [-0.2, 0) is 11.3 Å². The van der Waals surface area contributed by atoms with Crippen molar-refractivity contribution in [3.63, 3.8) is 0 Å². The zero-order chi connectivity index (χ0) is 31.7. The SMILES string of the molecule is CC1CC(=O)N(Cc2cc(F)c(C(=O)NC3CCN(C4(C)CCCC4)CC3)cc2Oc2ccc(-c3nnc(C(C)C)s3)cc2)C1. The van der Waals surface area contributed by atoms with Gasteiger partial charge in [0.1, 0.15) is 27.3 Å². The quantitative estimate of drug-likeness (QED) is 0.269. The summed E-state index contributed by atoms with van der Waals surface area (Å²) in [4.78, 5) is 30.3. The molecule has 10 heteroatoms. The molecule has 6 rings (SSSR count). The molecule has 0 spiro atoms. The first-order valence-electron chi connectivity index (χ1n) is 16.4. The van der Waals surface area contributed by atoms with Gasteiger partial charge in [-0.15, -0.1) is 10.2 Å². The first kappa shape index (κ1) is 31.6. The number of halogens is 1. The van der Waals surface area contributed by atoms with Crippen molar-refractivity contribution in [2.75, 3.05) is 19.6 Å². The van der Waals surface area contributed by atoms with Crippen LogP contribution in [0.2, 0.25) is 0 Å². The van der Waals surface area contributed by atoms with Crippen molar-refractivity contribution in [1.82, 2.24) is 25.3 Å². The number of ether oxygens (including phenoxy) is 1. The number of hydrogen-bond donors (Lipinski definition) is 1. The van der Waals surface area contributed by atoms with Crippen molar-refractivity contribution >= 4 is 23.2 Å². The van der Waals surface area contributed by atoms with Crippen LogP contribution in [0.25, 0.3) is 10.6 Å². The van der Waals surface area contributed by atoms with Crippen LogP contribution in [0.5, 0.6) is 11.5 Å². The highest BCUT2D eigenvalue weighted by Gasteiger charge is 2.37. The monoisotopic (exact) mass is 633 g/mol. The lowest BCUT2D eigenvalue weighted by Crippen LogP contribution is -2.52. The first-order chi connectivity index (χ1) is 21.6. The van der Waals surface area contributed by atoms with Gasteiger partial charge in [-0.25, -0.2) is 4.39 Å². The summed E-state index contributed by atoms with van der Waals surface area (Å²) in [6.07, 6.45) is 7.20. The normalized spacial score (nSPS) is 20.7. The number of nitrogens with zero attached hydrogens (tertiary/aromatic N) is 4. The molecule has 0 radical (unpaired) electrons. The van der Waals surface area contributed by atoms with Crippen LogP contribution in [-0.4, -0.2) is 63.0 Å². The third-order valence-electron chi connectivity index (χ3n) is 9.70. The molecule has 3 aromatic rings. The molecule has 1 atom stereocenters. The van der Waals surface area contributed by atoms with Crippen LogP contribution in [0.15, 0.2) is 36.4 Å². The van der Waals surface area contributed by atoms with E-state index in [2.05, 4.69) is 41.2 Å². The lowest BCUT2D eigenvalue weighted by molar-refractivity contribution is -0.128. The number of amides is 2. The van der Waals surface area contributed by atoms with E-state index in [0.717, 1.165) is 41.5 Å². The average molecular weight is 634 g/mol. The third-order valence-corrected chi connectivity index (χ3v) is 11.0. The van der Waals surface area contributed by atoms with Crippen molar-refractivity contribution in [1.29, 1.82) is 0 Å². The van der Waals surface area contributed by atoms with E-state index in [4.69, 9.17) is 4.74 Å². The summed E-state index contributed by atoms with van der Waals surface area (Å²) in [7, 11) is 0. The molecule has 45 heavy (non-hydrogen) atoms. The van der Waals surface area contributed by atoms with Gasteiger partial charge in [-0.3, -0.25) is 14.5 Å². The van der Waals surface area contributed by atoms with E-state index in [1.165, 1.54) is 37.8 Å². The second-order valence-electron chi connectivity index (χ2n) is 13.7. The maximum atomic E-state index is 15.6. The van der Waals surface area contributed by atoms with Crippen molar-refractivity contribution in [3.8, 4) is 22.1 Å². The minimum absolute atomic E-state index is 0.00462. The van der Waals surface area contributed by atoms with Gasteiger partial charge in [-0.2, -0.15) is 0 Å². The van der Waals surface area contributed by atoms with Gasteiger partial charge in [0.15, 0.2) is 0 Å². The van der Waals surface area contributed by atoms with E-state index in [1.807, 2.05) is 31.2 Å². The number of hydrogen-bond acceptors (Lipinski definition) is 7. The van der Waals surface area contributed by atoms with E-state index < -0.39 is 11.7 Å². The highest BCUT2D eigenvalue weighted by Crippen LogP contribution is 2.37. The highest BCUT2D eigenvalue weighted by atomic mass is 32.1. The maximum absolute atomic E-state index is 15.6. The average Bonchev–Trinajstić information content (AvgIpc) is 3.76. The molecule has 3 fully saturated rings. The Morgan fingerprint density at radius 1 is 1.13 bits per heavy atom. The van der Waals surface area contributed by atoms with Gasteiger partial charge in [-0.05, 0) is 74.9 Å². The molecule has 2 aromatic carbocycles. The lowest BCUT2D eigenvalue weighted by atomic mass is 9.93. The molecular formula is C35H44FN5O3S. The molecule has 2 aliphatic heterocycles. The molecule has 1 unspecified atom stereocenters. The number of benzene rings is 2. The molecule has 1 aliphatic carbocycles.